The van der Waals surface area contributed by atoms with Gasteiger partial charge in [0, 0.05) is 6.42 Å². The third-order valence-electron chi connectivity index (χ3n) is 13.9. The Hall–Kier alpha value is -2.17. The van der Waals surface area contributed by atoms with Crippen molar-refractivity contribution < 1.29 is 15.0 Å². The Balaban J connectivity index is 3.50. The van der Waals surface area contributed by atoms with Gasteiger partial charge in [0.2, 0.25) is 5.91 Å². The molecule has 69 heavy (non-hydrogen) atoms. The minimum atomic E-state index is -0.865. The summed E-state index contributed by atoms with van der Waals surface area (Å²) >= 11 is 0. The van der Waals surface area contributed by atoms with E-state index in [1.165, 1.54) is 238 Å². The Morgan fingerprint density at radius 3 is 1.01 bits per heavy atom. The van der Waals surface area contributed by atoms with E-state index in [1.54, 1.807) is 6.08 Å². The molecule has 0 saturated carbocycles. The average Bonchev–Trinajstić information content (AvgIpc) is 3.35. The van der Waals surface area contributed by atoms with Gasteiger partial charge in [-0.2, -0.15) is 0 Å². The van der Waals surface area contributed by atoms with Crippen molar-refractivity contribution in [2.75, 3.05) is 6.61 Å². The molecule has 0 spiro atoms. The molecular formula is C65H119NO3. The van der Waals surface area contributed by atoms with Crippen molar-refractivity contribution in [2.24, 2.45) is 0 Å². The van der Waals surface area contributed by atoms with Crippen LogP contribution in [0.1, 0.15) is 316 Å². The normalized spacial score (nSPS) is 13.3. The Bertz CT molecular complexity index is 1180. The largest absolute Gasteiger partial charge is 0.394 e. The Kier molecular flexibility index (Phi) is 58.2. The molecule has 0 aromatic rings. The van der Waals surface area contributed by atoms with Crippen LogP contribution in [0.2, 0.25) is 0 Å². The number of rotatable bonds is 56. The maximum Gasteiger partial charge on any atom is 0.220 e. The van der Waals surface area contributed by atoms with Crippen LogP contribution in [0.5, 0.6) is 0 Å². The van der Waals surface area contributed by atoms with Crippen molar-refractivity contribution in [1.82, 2.24) is 5.32 Å². The second-order valence-electron chi connectivity index (χ2n) is 20.7. The Morgan fingerprint density at radius 2 is 0.652 bits per heavy atom. The lowest BCUT2D eigenvalue weighted by Crippen LogP contribution is -2.45. The van der Waals surface area contributed by atoms with Crippen molar-refractivity contribution in [2.45, 2.75) is 328 Å². The third kappa shape index (κ3) is 56.6. The number of aliphatic hydroxyl groups is 2. The number of carbonyl (C=O) groups excluding carboxylic acids is 1. The summed E-state index contributed by atoms with van der Waals surface area (Å²) in [5.74, 6) is -0.0707. The van der Waals surface area contributed by atoms with Gasteiger partial charge in [0.15, 0.2) is 0 Å². The van der Waals surface area contributed by atoms with Gasteiger partial charge in [-0.1, -0.05) is 311 Å². The zero-order chi connectivity index (χ0) is 49.9. The highest BCUT2D eigenvalue weighted by Gasteiger charge is 2.18. The summed E-state index contributed by atoms with van der Waals surface area (Å²) in [5.41, 5.74) is 0. The van der Waals surface area contributed by atoms with Crippen LogP contribution in [-0.4, -0.2) is 34.9 Å². The Labute approximate surface area is 431 Å². The number of allylic oxidation sites excluding steroid dienone is 11. The first kappa shape index (κ1) is 66.8. The van der Waals surface area contributed by atoms with Crippen LogP contribution in [-0.2, 0) is 4.79 Å². The molecule has 402 valence electrons. The fourth-order valence-corrected chi connectivity index (χ4v) is 9.31. The van der Waals surface area contributed by atoms with Gasteiger partial charge in [0.25, 0.3) is 0 Å². The predicted octanol–water partition coefficient (Wildman–Crippen LogP) is 20.5. The molecule has 0 radical (unpaired) electrons. The number of aliphatic hydroxyl groups excluding tert-OH is 2. The zero-order valence-corrected chi connectivity index (χ0v) is 46.3. The summed E-state index contributed by atoms with van der Waals surface area (Å²) in [5, 5.41) is 23.2. The first-order valence-electron chi connectivity index (χ1n) is 30.7. The second kappa shape index (κ2) is 60.1. The fraction of sp³-hybridized carbons (Fsp3) is 0.800. The maximum atomic E-state index is 12.5. The molecule has 0 aromatic heterocycles. The monoisotopic (exact) mass is 962 g/mol. The van der Waals surface area contributed by atoms with E-state index in [2.05, 4.69) is 79.9 Å². The van der Waals surface area contributed by atoms with Gasteiger partial charge in [0.1, 0.15) is 0 Å². The van der Waals surface area contributed by atoms with Crippen LogP contribution in [0.3, 0.4) is 0 Å². The maximum absolute atomic E-state index is 12.5. The molecule has 4 heteroatoms. The van der Waals surface area contributed by atoms with Gasteiger partial charge in [-0.05, 0) is 70.6 Å². The second-order valence-corrected chi connectivity index (χ2v) is 20.7. The lowest BCUT2D eigenvalue weighted by molar-refractivity contribution is -0.123. The minimum Gasteiger partial charge on any atom is -0.394 e. The summed E-state index contributed by atoms with van der Waals surface area (Å²) in [7, 11) is 0. The zero-order valence-electron chi connectivity index (χ0n) is 46.3. The molecule has 0 aromatic carbocycles. The molecule has 0 aliphatic heterocycles. The highest BCUT2D eigenvalue weighted by molar-refractivity contribution is 5.76. The van der Waals surface area contributed by atoms with Crippen molar-refractivity contribution in [3.05, 3.63) is 72.9 Å². The van der Waals surface area contributed by atoms with Crippen molar-refractivity contribution in [1.29, 1.82) is 0 Å². The van der Waals surface area contributed by atoms with Gasteiger partial charge in [-0.15, -0.1) is 0 Å². The molecule has 1 amide bonds. The molecule has 0 saturated heterocycles. The molecule has 2 unspecified atom stereocenters. The van der Waals surface area contributed by atoms with Crippen LogP contribution in [0.4, 0.5) is 0 Å². The van der Waals surface area contributed by atoms with Crippen molar-refractivity contribution in [3.63, 3.8) is 0 Å². The SMILES string of the molecule is CC/C=C\C/C=C\C/C=C\C/C=C\CCCCCCCCCCCCCCCCCCCCC(=O)NC(CO)C(O)/C=C/CC/C=C/CCCCCCCCCCCCCCCCCCCCCC. The molecule has 0 heterocycles. The summed E-state index contributed by atoms with van der Waals surface area (Å²) in [6.45, 7) is 4.21. The van der Waals surface area contributed by atoms with Gasteiger partial charge >= 0.3 is 0 Å². The number of carbonyl (C=O) groups is 1. The van der Waals surface area contributed by atoms with Crippen LogP contribution in [0.15, 0.2) is 72.9 Å². The number of unbranched alkanes of at least 4 members (excludes halogenated alkanes) is 39. The molecular weight excluding hydrogens is 843 g/mol. The van der Waals surface area contributed by atoms with E-state index in [4.69, 9.17) is 0 Å². The molecule has 0 rings (SSSR count). The Morgan fingerprint density at radius 1 is 0.362 bits per heavy atom. The number of hydrogen-bond acceptors (Lipinski definition) is 3. The first-order valence-corrected chi connectivity index (χ1v) is 30.7. The number of amides is 1. The van der Waals surface area contributed by atoms with Crippen molar-refractivity contribution in [3.8, 4) is 0 Å². The summed E-state index contributed by atoms with van der Waals surface area (Å²) in [6, 6.07) is -0.642. The lowest BCUT2D eigenvalue weighted by Gasteiger charge is -2.19. The van der Waals surface area contributed by atoms with Crippen molar-refractivity contribution >= 4 is 5.91 Å². The predicted molar refractivity (Wildman–Crippen MR) is 308 cm³/mol. The highest BCUT2D eigenvalue weighted by Crippen LogP contribution is 2.17. The van der Waals surface area contributed by atoms with Crippen LogP contribution >= 0.6 is 0 Å². The van der Waals surface area contributed by atoms with Gasteiger partial charge in [-0.3, -0.25) is 4.79 Å². The summed E-state index contributed by atoms with van der Waals surface area (Å²) in [4.78, 5) is 12.5. The number of hydrogen-bond donors (Lipinski definition) is 3. The van der Waals surface area contributed by atoms with Crippen LogP contribution in [0.25, 0.3) is 0 Å². The quantitative estimate of drug-likeness (QED) is 0.0420. The molecule has 0 aliphatic rings. The number of nitrogens with one attached hydrogen (secondary N) is 1. The molecule has 4 nitrogen and oxygen atoms in total. The topological polar surface area (TPSA) is 69.6 Å². The average molecular weight is 963 g/mol. The molecule has 3 N–H and O–H groups in total. The summed E-state index contributed by atoms with van der Waals surface area (Å²) < 4.78 is 0. The molecule has 2 atom stereocenters. The molecule has 0 aliphatic carbocycles. The van der Waals surface area contributed by atoms with Crippen LogP contribution < -0.4 is 5.32 Å². The molecule has 0 bridgehead atoms. The fourth-order valence-electron chi connectivity index (χ4n) is 9.31. The minimum absolute atomic E-state index is 0.0707. The van der Waals surface area contributed by atoms with E-state index >= 15 is 0 Å². The third-order valence-corrected chi connectivity index (χ3v) is 13.9. The molecule has 0 fully saturated rings. The van der Waals surface area contributed by atoms with Gasteiger partial charge in [0.05, 0.1) is 18.8 Å². The van der Waals surface area contributed by atoms with E-state index in [0.29, 0.717) is 6.42 Å². The van der Waals surface area contributed by atoms with E-state index < -0.39 is 12.1 Å². The lowest BCUT2D eigenvalue weighted by atomic mass is 10.0. The van der Waals surface area contributed by atoms with Gasteiger partial charge in [-0.25, -0.2) is 0 Å². The van der Waals surface area contributed by atoms with Crippen LogP contribution in [0, 0.1) is 0 Å². The van der Waals surface area contributed by atoms with E-state index in [-0.39, 0.29) is 12.5 Å². The van der Waals surface area contributed by atoms with Gasteiger partial charge < -0.3 is 15.5 Å². The highest BCUT2D eigenvalue weighted by atomic mass is 16.3. The van der Waals surface area contributed by atoms with E-state index in [0.717, 1.165) is 57.8 Å². The smallest absolute Gasteiger partial charge is 0.220 e. The first-order chi connectivity index (χ1) is 34.2. The van der Waals surface area contributed by atoms with E-state index in [1.807, 2.05) is 6.08 Å². The standard InChI is InChI=1S/C65H119NO3/c1-3-5-7-9-11-13-15-17-19-21-23-25-27-29-31-32-33-34-35-37-39-41-43-45-47-49-51-53-55-57-59-61-65(69)66-63(62-67)64(68)60-58-56-54-52-50-48-46-44-42-40-38-36-30-28-26-24-22-20-18-16-14-12-10-8-6-4-2/h5,7,11,13,17,19,23,25,50,52,58,60,63-64,67-68H,3-4,6,8-10,12,14-16,18,20-22,24,26-49,51,53-57,59,61-62H2,1-2H3,(H,66,69)/b7-5-,13-11-,19-17-,25-23-,52-50+,60-58+. The summed E-state index contributed by atoms with van der Waals surface area (Å²) in [6.07, 6.45) is 86.6. The van der Waals surface area contributed by atoms with E-state index in [9.17, 15) is 15.0 Å².